The number of ether oxygens (including phenoxy) is 2. The third kappa shape index (κ3) is 6.56. The van der Waals surface area contributed by atoms with Crippen LogP contribution in [-0.4, -0.2) is 46.5 Å². The van der Waals surface area contributed by atoms with Crippen molar-refractivity contribution in [1.82, 2.24) is 4.90 Å². The number of nitrogens with one attached hydrogen (secondary N) is 2. The summed E-state index contributed by atoms with van der Waals surface area (Å²) in [6.07, 6.45) is 1.25. The standard InChI is InChI=1S/C27H29ClFN3O5S/c1-36-20-8-11-25(26(16-20)37-2)31-38(34,35)21-9-6-19(7-10-21)30-27(33)18-12-14-32(15-13-18)17-22-23(28)4-3-5-24(22)29/h3-11,16,18,31H,12-15,17H2,1-2H3,(H,30,33). The normalized spacial score (nSPS) is 14.6. The summed E-state index contributed by atoms with van der Waals surface area (Å²) in [5, 5.41) is 3.26. The van der Waals surface area contributed by atoms with Gasteiger partial charge in [-0.05, 0) is 74.5 Å². The Hall–Kier alpha value is -3.34. The van der Waals surface area contributed by atoms with E-state index in [0.29, 0.717) is 60.2 Å². The minimum atomic E-state index is -3.89. The zero-order chi connectivity index (χ0) is 27.3. The topological polar surface area (TPSA) is 97.0 Å². The van der Waals surface area contributed by atoms with Crippen molar-refractivity contribution in [2.75, 3.05) is 37.3 Å². The zero-order valence-electron chi connectivity index (χ0n) is 21.0. The number of methoxy groups -OCH3 is 2. The average Bonchev–Trinajstić information content (AvgIpc) is 2.91. The summed E-state index contributed by atoms with van der Waals surface area (Å²) in [5.74, 6) is 0.186. The Morgan fingerprint density at radius 3 is 2.39 bits per heavy atom. The molecule has 1 heterocycles. The maximum atomic E-state index is 14.1. The molecule has 0 aliphatic carbocycles. The van der Waals surface area contributed by atoms with Crippen LogP contribution in [0.2, 0.25) is 5.02 Å². The maximum absolute atomic E-state index is 14.1. The molecule has 8 nitrogen and oxygen atoms in total. The van der Waals surface area contributed by atoms with Gasteiger partial charge in [0.15, 0.2) is 0 Å². The molecule has 0 saturated carbocycles. The van der Waals surface area contributed by atoms with Gasteiger partial charge in [-0.3, -0.25) is 14.4 Å². The highest BCUT2D eigenvalue weighted by molar-refractivity contribution is 7.92. The van der Waals surface area contributed by atoms with Gasteiger partial charge in [0.2, 0.25) is 5.91 Å². The van der Waals surface area contributed by atoms with E-state index in [1.165, 1.54) is 32.4 Å². The van der Waals surface area contributed by atoms with Crippen molar-refractivity contribution < 1.29 is 27.1 Å². The lowest BCUT2D eigenvalue weighted by Crippen LogP contribution is -2.38. The lowest BCUT2D eigenvalue weighted by atomic mass is 9.95. The van der Waals surface area contributed by atoms with Crippen molar-refractivity contribution in [2.45, 2.75) is 24.3 Å². The van der Waals surface area contributed by atoms with E-state index in [1.54, 1.807) is 42.5 Å². The molecule has 1 aliphatic heterocycles. The number of benzene rings is 3. The summed E-state index contributed by atoms with van der Waals surface area (Å²) in [5.41, 5.74) is 1.23. The van der Waals surface area contributed by atoms with Gasteiger partial charge in [0.1, 0.15) is 17.3 Å². The molecule has 3 aromatic rings. The minimum Gasteiger partial charge on any atom is -0.497 e. The Bertz CT molecular complexity index is 1370. The van der Waals surface area contributed by atoms with Gasteiger partial charge < -0.3 is 14.8 Å². The molecular weight excluding hydrogens is 533 g/mol. The van der Waals surface area contributed by atoms with Gasteiger partial charge in [0.05, 0.1) is 24.8 Å². The summed E-state index contributed by atoms with van der Waals surface area (Å²) < 4.78 is 52.8. The van der Waals surface area contributed by atoms with Gasteiger partial charge in [0.25, 0.3) is 10.0 Å². The number of likely N-dealkylation sites (tertiary alicyclic amines) is 1. The van der Waals surface area contributed by atoms with E-state index in [9.17, 15) is 17.6 Å². The summed E-state index contributed by atoms with van der Waals surface area (Å²) in [4.78, 5) is 14.9. The van der Waals surface area contributed by atoms with E-state index in [2.05, 4.69) is 14.9 Å². The van der Waals surface area contributed by atoms with E-state index in [0.717, 1.165) is 0 Å². The molecule has 0 aromatic heterocycles. The largest absolute Gasteiger partial charge is 0.497 e. The second-order valence-electron chi connectivity index (χ2n) is 8.94. The van der Waals surface area contributed by atoms with Crippen LogP contribution in [0.15, 0.2) is 65.6 Å². The van der Waals surface area contributed by atoms with Crippen LogP contribution in [0.3, 0.4) is 0 Å². The van der Waals surface area contributed by atoms with Crippen molar-refractivity contribution in [1.29, 1.82) is 0 Å². The minimum absolute atomic E-state index is 0.0356. The van der Waals surface area contributed by atoms with E-state index in [1.807, 2.05) is 0 Å². The van der Waals surface area contributed by atoms with Crippen LogP contribution in [0, 0.1) is 11.7 Å². The van der Waals surface area contributed by atoms with E-state index in [4.69, 9.17) is 21.1 Å². The van der Waals surface area contributed by atoms with Crippen LogP contribution in [0.4, 0.5) is 15.8 Å². The number of hydrogen-bond donors (Lipinski definition) is 2. The lowest BCUT2D eigenvalue weighted by molar-refractivity contribution is -0.121. The molecule has 2 N–H and O–H groups in total. The molecule has 1 saturated heterocycles. The average molecular weight is 562 g/mol. The summed E-state index contributed by atoms with van der Waals surface area (Å²) in [6, 6.07) is 15.3. The van der Waals surface area contributed by atoms with Crippen molar-refractivity contribution >= 4 is 38.9 Å². The molecule has 0 radical (unpaired) electrons. The van der Waals surface area contributed by atoms with Crippen molar-refractivity contribution in [3.8, 4) is 11.5 Å². The number of nitrogens with zero attached hydrogens (tertiary/aromatic N) is 1. The first-order valence-corrected chi connectivity index (χ1v) is 13.9. The van der Waals surface area contributed by atoms with Crippen LogP contribution >= 0.6 is 11.6 Å². The lowest BCUT2D eigenvalue weighted by Gasteiger charge is -2.31. The highest BCUT2D eigenvalue weighted by atomic mass is 35.5. The molecular formula is C27H29ClFN3O5S. The Labute approximate surface area is 226 Å². The molecule has 0 bridgehead atoms. The van der Waals surface area contributed by atoms with Gasteiger partial charge in [-0.25, -0.2) is 12.8 Å². The highest BCUT2D eigenvalue weighted by Gasteiger charge is 2.26. The Balaban J connectivity index is 1.33. The predicted octanol–water partition coefficient (Wildman–Crippen LogP) is 5.15. The molecule has 1 amide bonds. The van der Waals surface area contributed by atoms with Crippen LogP contribution in [-0.2, 0) is 21.4 Å². The first-order chi connectivity index (χ1) is 18.2. The van der Waals surface area contributed by atoms with E-state index in [-0.39, 0.29) is 28.2 Å². The fourth-order valence-corrected chi connectivity index (χ4v) is 5.60. The van der Waals surface area contributed by atoms with Crippen molar-refractivity contribution in [2.24, 2.45) is 5.92 Å². The monoisotopic (exact) mass is 561 g/mol. The number of carbonyl (C=O) groups is 1. The van der Waals surface area contributed by atoms with Crippen LogP contribution in [0.5, 0.6) is 11.5 Å². The Kier molecular flexibility index (Phi) is 8.76. The fourth-order valence-electron chi connectivity index (χ4n) is 4.31. The first kappa shape index (κ1) is 27.7. The second kappa shape index (κ2) is 12.0. The molecule has 0 unspecified atom stereocenters. The SMILES string of the molecule is COc1ccc(NS(=O)(=O)c2ccc(NC(=O)C3CCN(Cc4c(F)cccc4Cl)CC3)cc2)c(OC)c1. The molecule has 0 spiro atoms. The molecule has 1 fully saturated rings. The fraction of sp³-hybridized carbons (Fsp3) is 0.296. The van der Waals surface area contributed by atoms with Crippen LogP contribution in [0.1, 0.15) is 18.4 Å². The number of piperidine rings is 1. The molecule has 38 heavy (non-hydrogen) atoms. The molecule has 3 aromatic carbocycles. The van der Waals surface area contributed by atoms with Crippen molar-refractivity contribution in [3.05, 3.63) is 77.1 Å². The summed E-state index contributed by atoms with van der Waals surface area (Å²) in [7, 11) is -0.951. The van der Waals surface area contributed by atoms with E-state index < -0.39 is 10.0 Å². The number of halogens is 2. The van der Waals surface area contributed by atoms with Gasteiger partial charge in [-0.1, -0.05) is 17.7 Å². The Morgan fingerprint density at radius 2 is 1.76 bits per heavy atom. The Morgan fingerprint density at radius 1 is 1.05 bits per heavy atom. The zero-order valence-corrected chi connectivity index (χ0v) is 22.6. The molecule has 11 heteroatoms. The van der Waals surface area contributed by atoms with Crippen LogP contribution < -0.4 is 19.5 Å². The number of rotatable bonds is 9. The molecule has 4 rings (SSSR count). The van der Waals surface area contributed by atoms with E-state index >= 15 is 0 Å². The number of carbonyl (C=O) groups excluding carboxylic acids is 1. The summed E-state index contributed by atoms with van der Waals surface area (Å²) >= 11 is 6.14. The van der Waals surface area contributed by atoms with Gasteiger partial charge in [-0.2, -0.15) is 0 Å². The number of sulfonamides is 1. The van der Waals surface area contributed by atoms with Gasteiger partial charge >= 0.3 is 0 Å². The predicted molar refractivity (Wildman–Crippen MR) is 145 cm³/mol. The maximum Gasteiger partial charge on any atom is 0.262 e. The van der Waals surface area contributed by atoms with Gasteiger partial charge in [0, 0.05) is 34.8 Å². The van der Waals surface area contributed by atoms with Crippen molar-refractivity contribution in [3.63, 3.8) is 0 Å². The highest BCUT2D eigenvalue weighted by Crippen LogP contribution is 2.31. The number of anilines is 2. The second-order valence-corrected chi connectivity index (χ2v) is 11.0. The third-order valence-electron chi connectivity index (χ3n) is 6.49. The smallest absolute Gasteiger partial charge is 0.262 e. The van der Waals surface area contributed by atoms with Crippen LogP contribution in [0.25, 0.3) is 0 Å². The number of hydrogen-bond acceptors (Lipinski definition) is 6. The molecule has 1 aliphatic rings. The third-order valence-corrected chi connectivity index (χ3v) is 8.22. The molecule has 202 valence electrons. The summed E-state index contributed by atoms with van der Waals surface area (Å²) in [6.45, 7) is 1.67. The van der Waals surface area contributed by atoms with Gasteiger partial charge in [-0.15, -0.1) is 0 Å². The number of amides is 1. The quantitative estimate of drug-likeness (QED) is 0.375. The first-order valence-electron chi connectivity index (χ1n) is 12.0. The molecule has 0 atom stereocenters.